The number of pyridine rings is 1. The number of piperidine rings is 1. The fourth-order valence-electron chi connectivity index (χ4n) is 7.35. The Hall–Kier alpha value is -5.16. The van der Waals surface area contributed by atoms with Gasteiger partial charge in [-0.2, -0.15) is 0 Å². The number of amides is 2. The standard InChI is InChI=1S/C37H37FN8O2/c38-28-8-2-7-27(22-28)31-10-4-16-45(31)35-14-13-33-39-23-32(46(33)42-35)30-9-3-11-34(40-30)44-19-17-43(18-20-44)24-25-5-1-6-26(21-25)29-12-15-36(47)41-37(29)48/h1-3,5-9,11,13-14,21-23,29,31H,4,10,12,15-20,24H2,(H,41,47,48)/t29?,31-/m1/s1. The Morgan fingerprint density at radius 3 is 2.52 bits per heavy atom. The maximum absolute atomic E-state index is 14.0. The molecule has 1 unspecified atom stereocenters. The predicted molar refractivity (Wildman–Crippen MR) is 181 cm³/mol. The molecule has 5 aromatic rings. The molecule has 2 amide bonds. The number of rotatable bonds is 7. The number of piperazine rings is 1. The van der Waals surface area contributed by atoms with Crippen LogP contribution in [-0.2, 0) is 16.1 Å². The largest absolute Gasteiger partial charge is 0.354 e. The maximum atomic E-state index is 14.0. The topological polar surface area (TPSA) is 99.0 Å². The molecule has 11 heteroatoms. The number of carbonyl (C=O) groups is 2. The monoisotopic (exact) mass is 644 g/mol. The fourth-order valence-corrected chi connectivity index (χ4v) is 7.35. The number of fused-ring (bicyclic) bond motifs is 1. The van der Waals surface area contributed by atoms with E-state index >= 15 is 0 Å². The molecule has 0 aliphatic carbocycles. The van der Waals surface area contributed by atoms with Crippen molar-refractivity contribution >= 4 is 29.1 Å². The van der Waals surface area contributed by atoms with Crippen LogP contribution in [0.5, 0.6) is 0 Å². The molecule has 0 spiro atoms. The van der Waals surface area contributed by atoms with Crippen LogP contribution in [0.4, 0.5) is 16.0 Å². The van der Waals surface area contributed by atoms with Crippen molar-refractivity contribution in [2.45, 2.75) is 44.2 Å². The Labute approximate surface area is 278 Å². The molecule has 244 valence electrons. The summed E-state index contributed by atoms with van der Waals surface area (Å²) in [5.41, 5.74) is 5.48. The smallest absolute Gasteiger partial charge is 0.234 e. The van der Waals surface area contributed by atoms with E-state index < -0.39 is 0 Å². The highest BCUT2D eigenvalue weighted by Gasteiger charge is 2.29. The van der Waals surface area contributed by atoms with E-state index in [1.807, 2.05) is 53.2 Å². The highest BCUT2D eigenvalue weighted by atomic mass is 19.1. The Bertz CT molecular complexity index is 1990. The summed E-state index contributed by atoms with van der Waals surface area (Å²) in [5.74, 6) is 0.873. The first-order chi connectivity index (χ1) is 23.5. The lowest BCUT2D eigenvalue weighted by Gasteiger charge is -2.35. The van der Waals surface area contributed by atoms with Crippen molar-refractivity contribution < 1.29 is 14.0 Å². The third-order valence-corrected chi connectivity index (χ3v) is 9.82. The molecule has 3 aliphatic heterocycles. The summed E-state index contributed by atoms with van der Waals surface area (Å²) in [6.45, 7) is 5.11. The molecular formula is C37H37FN8O2. The van der Waals surface area contributed by atoms with Crippen molar-refractivity contribution in [3.05, 3.63) is 108 Å². The van der Waals surface area contributed by atoms with Gasteiger partial charge in [-0.3, -0.25) is 19.8 Å². The van der Waals surface area contributed by atoms with Crippen LogP contribution in [-0.4, -0.2) is 69.0 Å². The molecule has 3 fully saturated rings. The molecule has 2 atom stereocenters. The van der Waals surface area contributed by atoms with Crippen LogP contribution >= 0.6 is 0 Å². The molecule has 0 saturated carbocycles. The Balaban J connectivity index is 0.954. The number of benzene rings is 2. The maximum Gasteiger partial charge on any atom is 0.234 e. The predicted octanol–water partition coefficient (Wildman–Crippen LogP) is 5.11. The summed E-state index contributed by atoms with van der Waals surface area (Å²) in [5, 5.41) is 7.49. The molecule has 0 radical (unpaired) electrons. The molecule has 0 bridgehead atoms. The third kappa shape index (κ3) is 6.01. The minimum atomic E-state index is -0.273. The number of imide groups is 1. The summed E-state index contributed by atoms with van der Waals surface area (Å²) in [6.07, 6.45) is 4.73. The lowest BCUT2D eigenvalue weighted by molar-refractivity contribution is -0.134. The van der Waals surface area contributed by atoms with Gasteiger partial charge in [0.25, 0.3) is 0 Å². The zero-order chi connectivity index (χ0) is 32.6. The lowest BCUT2D eigenvalue weighted by Crippen LogP contribution is -2.46. The van der Waals surface area contributed by atoms with E-state index in [1.54, 1.807) is 12.1 Å². The van der Waals surface area contributed by atoms with Crippen LogP contribution in [0.2, 0.25) is 0 Å². The molecule has 3 aromatic heterocycles. The van der Waals surface area contributed by atoms with Gasteiger partial charge in [0.2, 0.25) is 11.8 Å². The van der Waals surface area contributed by atoms with E-state index in [-0.39, 0.29) is 29.6 Å². The van der Waals surface area contributed by atoms with Crippen molar-refractivity contribution in [3.8, 4) is 11.4 Å². The molecule has 48 heavy (non-hydrogen) atoms. The van der Waals surface area contributed by atoms with Gasteiger partial charge in [0.05, 0.1) is 23.9 Å². The van der Waals surface area contributed by atoms with Crippen LogP contribution < -0.4 is 15.1 Å². The van der Waals surface area contributed by atoms with Crippen molar-refractivity contribution in [2.75, 3.05) is 42.5 Å². The van der Waals surface area contributed by atoms with Crippen LogP contribution in [0.25, 0.3) is 17.0 Å². The van der Waals surface area contributed by atoms with Gasteiger partial charge >= 0.3 is 0 Å². The first kappa shape index (κ1) is 30.2. The van der Waals surface area contributed by atoms with Crippen LogP contribution in [0.1, 0.15) is 54.3 Å². The first-order valence-corrected chi connectivity index (χ1v) is 16.7. The number of imidazole rings is 1. The van der Waals surface area contributed by atoms with Crippen LogP contribution in [0, 0.1) is 5.82 Å². The summed E-state index contributed by atoms with van der Waals surface area (Å²) in [7, 11) is 0. The van der Waals surface area contributed by atoms with E-state index in [1.165, 1.54) is 11.6 Å². The first-order valence-electron chi connectivity index (χ1n) is 16.7. The third-order valence-electron chi connectivity index (χ3n) is 9.82. The van der Waals surface area contributed by atoms with Crippen molar-refractivity contribution in [1.82, 2.24) is 29.8 Å². The van der Waals surface area contributed by atoms with E-state index in [0.717, 1.165) is 91.9 Å². The number of anilines is 2. The van der Waals surface area contributed by atoms with Crippen LogP contribution in [0.15, 0.2) is 85.1 Å². The molecule has 8 rings (SSSR count). The average molecular weight is 645 g/mol. The number of carbonyl (C=O) groups excluding carboxylic acids is 2. The van der Waals surface area contributed by atoms with Gasteiger partial charge in [-0.25, -0.2) is 18.9 Å². The van der Waals surface area contributed by atoms with Gasteiger partial charge in [-0.05, 0) is 72.4 Å². The number of halogens is 1. The van der Waals surface area contributed by atoms with Gasteiger partial charge < -0.3 is 9.80 Å². The summed E-state index contributed by atoms with van der Waals surface area (Å²) in [6, 6.07) is 25.2. The molecule has 6 heterocycles. The normalized spacial score (nSPS) is 20.4. The van der Waals surface area contributed by atoms with Gasteiger partial charge in [0.15, 0.2) is 5.65 Å². The van der Waals surface area contributed by atoms with E-state index in [9.17, 15) is 14.0 Å². The summed E-state index contributed by atoms with van der Waals surface area (Å²) in [4.78, 5) is 40.7. The van der Waals surface area contributed by atoms with Crippen molar-refractivity contribution in [1.29, 1.82) is 0 Å². The molecule has 2 aromatic carbocycles. The molecule has 10 nitrogen and oxygen atoms in total. The Kier molecular flexibility index (Phi) is 8.05. The number of aromatic nitrogens is 4. The Morgan fingerprint density at radius 2 is 1.67 bits per heavy atom. The van der Waals surface area contributed by atoms with Gasteiger partial charge in [0, 0.05) is 45.7 Å². The van der Waals surface area contributed by atoms with Crippen LogP contribution in [0.3, 0.4) is 0 Å². The average Bonchev–Trinajstić information content (AvgIpc) is 3.77. The molecular weight excluding hydrogens is 607 g/mol. The number of nitrogens with zero attached hydrogens (tertiary/aromatic N) is 7. The quantitative estimate of drug-likeness (QED) is 0.244. The number of hydrogen-bond donors (Lipinski definition) is 1. The second kappa shape index (κ2) is 12.8. The zero-order valence-corrected chi connectivity index (χ0v) is 26.6. The number of hydrogen-bond acceptors (Lipinski definition) is 8. The highest BCUT2D eigenvalue weighted by Crippen LogP contribution is 2.36. The second-order valence-corrected chi connectivity index (χ2v) is 12.9. The van der Waals surface area contributed by atoms with E-state index in [2.05, 4.69) is 43.2 Å². The minimum Gasteiger partial charge on any atom is -0.354 e. The Morgan fingerprint density at radius 1 is 0.833 bits per heavy atom. The van der Waals surface area contributed by atoms with E-state index in [4.69, 9.17) is 10.1 Å². The zero-order valence-electron chi connectivity index (χ0n) is 26.6. The van der Waals surface area contributed by atoms with Gasteiger partial charge in [-0.15, -0.1) is 5.10 Å². The summed E-state index contributed by atoms with van der Waals surface area (Å²) >= 11 is 0. The second-order valence-electron chi connectivity index (χ2n) is 12.9. The number of nitrogens with one attached hydrogen (secondary N) is 1. The molecule has 1 N–H and O–H groups in total. The van der Waals surface area contributed by atoms with Crippen molar-refractivity contribution in [3.63, 3.8) is 0 Å². The van der Waals surface area contributed by atoms with Gasteiger partial charge in [-0.1, -0.05) is 42.5 Å². The molecule has 3 aliphatic rings. The molecule has 3 saturated heterocycles. The lowest BCUT2D eigenvalue weighted by atomic mass is 9.89. The van der Waals surface area contributed by atoms with Gasteiger partial charge in [0.1, 0.15) is 23.1 Å². The highest BCUT2D eigenvalue weighted by molar-refractivity contribution is 6.00. The van der Waals surface area contributed by atoms with E-state index in [0.29, 0.717) is 12.8 Å². The fraction of sp³-hybridized carbons (Fsp3) is 0.324. The summed E-state index contributed by atoms with van der Waals surface area (Å²) < 4.78 is 15.9. The SMILES string of the molecule is O=C1CCC(c2cccc(CN3CCN(c4cccc(-c5cnc6ccc(N7CCC[C@@H]7c7cccc(F)c7)nn56)n4)CC3)c2)C(=O)N1. The minimum absolute atomic E-state index is 0.0759. The van der Waals surface area contributed by atoms with Crippen molar-refractivity contribution in [2.24, 2.45) is 0 Å².